The van der Waals surface area contributed by atoms with Crippen molar-refractivity contribution >= 4 is 11.8 Å². The maximum atomic E-state index is 8.88. The molecule has 4 N–H and O–H groups in total. The largest absolute Gasteiger partial charge is 0.390 e. The van der Waals surface area contributed by atoms with Crippen LogP contribution in [0.15, 0.2) is 11.9 Å². The lowest BCUT2D eigenvalue weighted by molar-refractivity contribution is 0.316. The lowest BCUT2D eigenvalue weighted by Crippen LogP contribution is -2.29. The fourth-order valence-electron chi connectivity index (χ4n) is 0.898. The summed E-state index contributed by atoms with van der Waals surface area (Å²) in [7, 11) is 1.77. The second kappa shape index (κ2) is 10.7. The highest BCUT2D eigenvalue weighted by Gasteiger charge is 1.90. The van der Waals surface area contributed by atoms with Crippen LogP contribution < -0.4 is 16.2 Å². The first-order valence-electron chi connectivity index (χ1n) is 4.89. The molecule has 0 saturated heterocycles. The van der Waals surface area contributed by atoms with E-state index >= 15 is 0 Å². The van der Waals surface area contributed by atoms with Crippen molar-refractivity contribution in [3.63, 3.8) is 0 Å². The Hall–Kier alpha value is -0.390. The molecule has 0 fully saturated rings. The molecule has 0 radical (unpaired) electrons. The Labute approximate surface area is 90.5 Å². The van der Waals surface area contributed by atoms with E-state index < -0.39 is 0 Å². The second-order valence-electron chi connectivity index (χ2n) is 2.71. The van der Waals surface area contributed by atoms with Gasteiger partial charge in [0.25, 0.3) is 0 Å². The second-order valence-corrected chi connectivity index (χ2v) is 4.10. The number of nitrogens with one attached hydrogen (secondary N) is 3. The summed E-state index contributed by atoms with van der Waals surface area (Å²) in [6, 6.07) is 0. The van der Waals surface area contributed by atoms with Crippen LogP contribution in [0.1, 0.15) is 13.3 Å². The van der Waals surface area contributed by atoms with Gasteiger partial charge in [-0.1, -0.05) is 6.92 Å². The fraction of sp³-hybridized carbons (Fsp3) is 0.778. The highest BCUT2D eigenvalue weighted by Crippen LogP contribution is 1.99. The number of hydrogen-bond donors (Lipinski definition) is 4. The van der Waals surface area contributed by atoms with E-state index in [1.165, 1.54) is 11.5 Å². The number of thioether (sulfide) groups is 1. The van der Waals surface area contributed by atoms with Crippen LogP contribution in [0.3, 0.4) is 0 Å². The van der Waals surface area contributed by atoms with E-state index in [0.29, 0.717) is 0 Å². The van der Waals surface area contributed by atoms with Gasteiger partial charge >= 0.3 is 0 Å². The van der Waals surface area contributed by atoms with E-state index in [4.69, 9.17) is 5.11 Å². The molecule has 5 heteroatoms. The SMILES string of the molecule is CCSCCCN/C=C(/CO)NNC. The summed E-state index contributed by atoms with van der Waals surface area (Å²) < 4.78 is 0. The lowest BCUT2D eigenvalue weighted by Gasteiger charge is -2.07. The van der Waals surface area contributed by atoms with E-state index in [2.05, 4.69) is 23.1 Å². The molecule has 14 heavy (non-hydrogen) atoms. The summed E-state index contributed by atoms with van der Waals surface area (Å²) in [5, 5.41) is 12.0. The number of aliphatic hydroxyl groups excluding tert-OH is 1. The maximum Gasteiger partial charge on any atom is 0.0855 e. The molecule has 0 rings (SSSR count). The third-order valence-corrected chi connectivity index (χ3v) is 2.53. The van der Waals surface area contributed by atoms with E-state index in [9.17, 15) is 0 Å². The van der Waals surface area contributed by atoms with Gasteiger partial charge in [0.2, 0.25) is 0 Å². The Kier molecular flexibility index (Phi) is 10.4. The molecule has 0 aromatic carbocycles. The monoisotopic (exact) mass is 219 g/mol. The van der Waals surface area contributed by atoms with Crippen molar-refractivity contribution in [3.05, 3.63) is 11.9 Å². The van der Waals surface area contributed by atoms with E-state index in [1.54, 1.807) is 13.2 Å². The molecular formula is C9H21N3OS. The highest BCUT2D eigenvalue weighted by molar-refractivity contribution is 7.99. The maximum absolute atomic E-state index is 8.88. The van der Waals surface area contributed by atoms with Crippen LogP contribution in [0.5, 0.6) is 0 Å². The number of hydrazine groups is 1. The molecule has 0 unspecified atom stereocenters. The van der Waals surface area contributed by atoms with E-state index in [0.717, 1.165) is 18.7 Å². The molecular weight excluding hydrogens is 198 g/mol. The van der Waals surface area contributed by atoms with Crippen molar-refractivity contribution in [1.82, 2.24) is 16.2 Å². The van der Waals surface area contributed by atoms with Crippen LogP contribution in [-0.4, -0.2) is 36.8 Å². The van der Waals surface area contributed by atoms with Gasteiger partial charge in [0.15, 0.2) is 0 Å². The minimum atomic E-state index is 0.0115. The van der Waals surface area contributed by atoms with Crippen LogP contribution in [0.4, 0.5) is 0 Å². The third-order valence-electron chi connectivity index (χ3n) is 1.55. The minimum Gasteiger partial charge on any atom is -0.390 e. The molecule has 0 bridgehead atoms. The molecule has 0 aromatic heterocycles. The molecule has 0 atom stereocenters. The average molecular weight is 219 g/mol. The molecule has 0 saturated carbocycles. The quantitative estimate of drug-likeness (QED) is 0.331. The van der Waals surface area contributed by atoms with Gasteiger partial charge in [-0.05, 0) is 17.9 Å². The number of rotatable bonds is 9. The zero-order chi connectivity index (χ0) is 10.6. The van der Waals surface area contributed by atoms with Gasteiger partial charge in [0.1, 0.15) is 0 Å². The molecule has 0 spiro atoms. The smallest absolute Gasteiger partial charge is 0.0855 e. The first kappa shape index (κ1) is 13.6. The van der Waals surface area contributed by atoms with E-state index in [-0.39, 0.29) is 6.61 Å². The lowest BCUT2D eigenvalue weighted by atomic mass is 10.4. The average Bonchev–Trinajstić information content (AvgIpc) is 2.21. The van der Waals surface area contributed by atoms with Gasteiger partial charge in [0, 0.05) is 19.8 Å². The van der Waals surface area contributed by atoms with Crippen molar-refractivity contribution in [3.8, 4) is 0 Å². The first-order chi connectivity index (χ1) is 6.85. The third kappa shape index (κ3) is 8.22. The standard InChI is InChI=1S/C9H21N3OS/c1-3-14-6-4-5-11-7-9(8-13)12-10-2/h7,10-13H,3-6,8H2,1-2H3/b9-7-. The Morgan fingerprint density at radius 1 is 1.50 bits per heavy atom. The molecule has 84 valence electrons. The molecule has 0 aliphatic rings. The van der Waals surface area contributed by atoms with Crippen LogP contribution in [0.25, 0.3) is 0 Å². The number of hydrogen-bond acceptors (Lipinski definition) is 5. The zero-order valence-electron chi connectivity index (χ0n) is 8.97. The molecule has 0 aliphatic heterocycles. The Bertz CT molecular complexity index is 153. The molecule has 4 nitrogen and oxygen atoms in total. The summed E-state index contributed by atoms with van der Waals surface area (Å²) in [4.78, 5) is 0. The first-order valence-corrected chi connectivity index (χ1v) is 6.04. The van der Waals surface area contributed by atoms with Gasteiger partial charge in [-0.3, -0.25) is 0 Å². The van der Waals surface area contributed by atoms with Crippen molar-refractivity contribution in [2.45, 2.75) is 13.3 Å². The number of aliphatic hydroxyl groups is 1. The highest BCUT2D eigenvalue weighted by atomic mass is 32.2. The van der Waals surface area contributed by atoms with Crippen molar-refractivity contribution in [2.75, 3.05) is 31.7 Å². The molecule has 0 aromatic rings. The minimum absolute atomic E-state index is 0.0115. The normalized spacial score (nSPS) is 11.5. The summed E-state index contributed by atoms with van der Waals surface area (Å²) in [6.07, 6.45) is 2.94. The van der Waals surface area contributed by atoms with Gasteiger partial charge < -0.3 is 15.8 Å². The Morgan fingerprint density at radius 2 is 2.29 bits per heavy atom. The molecule has 0 amide bonds. The topological polar surface area (TPSA) is 56.3 Å². The fourth-order valence-corrected chi connectivity index (χ4v) is 1.53. The van der Waals surface area contributed by atoms with Crippen LogP contribution in [-0.2, 0) is 0 Å². The summed E-state index contributed by atoms with van der Waals surface area (Å²) >= 11 is 1.94. The predicted octanol–water partition coefficient (Wildman–Crippen LogP) is 0.277. The van der Waals surface area contributed by atoms with Crippen molar-refractivity contribution in [1.29, 1.82) is 0 Å². The molecule has 0 heterocycles. The van der Waals surface area contributed by atoms with Gasteiger partial charge in [-0.15, -0.1) is 0 Å². The molecule has 0 aliphatic carbocycles. The van der Waals surface area contributed by atoms with Gasteiger partial charge in [-0.2, -0.15) is 11.8 Å². The Balaban J connectivity index is 3.38. The van der Waals surface area contributed by atoms with Crippen LogP contribution >= 0.6 is 11.8 Å². The van der Waals surface area contributed by atoms with Crippen molar-refractivity contribution in [2.24, 2.45) is 0 Å². The zero-order valence-corrected chi connectivity index (χ0v) is 9.78. The summed E-state index contributed by atoms with van der Waals surface area (Å²) in [5.74, 6) is 2.37. The van der Waals surface area contributed by atoms with Crippen LogP contribution in [0.2, 0.25) is 0 Å². The van der Waals surface area contributed by atoms with Crippen LogP contribution in [0, 0.1) is 0 Å². The van der Waals surface area contributed by atoms with E-state index in [1.807, 2.05) is 11.8 Å². The van der Waals surface area contributed by atoms with Crippen molar-refractivity contribution < 1.29 is 5.11 Å². The Morgan fingerprint density at radius 3 is 2.86 bits per heavy atom. The van der Waals surface area contributed by atoms with Gasteiger partial charge in [0.05, 0.1) is 12.3 Å². The van der Waals surface area contributed by atoms with Gasteiger partial charge in [-0.25, -0.2) is 5.43 Å². The summed E-state index contributed by atoms with van der Waals surface area (Å²) in [6.45, 7) is 3.12. The predicted molar refractivity (Wildman–Crippen MR) is 63.0 cm³/mol. The summed E-state index contributed by atoms with van der Waals surface area (Å²) in [5.41, 5.74) is 6.33.